The van der Waals surface area contributed by atoms with Crippen LogP contribution in [0.1, 0.15) is 45.4 Å². The van der Waals surface area contributed by atoms with Crippen molar-refractivity contribution in [2.24, 2.45) is 17.8 Å². The highest BCUT2D eigenvalue weighted by Gasteiger charge is 2.55. The van der Waals surface area contributed by atoms with E-state index >= 15 is 0 Å². The molecule has 1 saturated heterocycles. The van der Waals surface area contributed by atoms with E-state index in [-0.39, 0.29) is 18.4 Å². The molecule has 5 rings (SSSR count). The van der Waals surface area contributed by atoms with Crippen molar-refractivity contribution in [2.45, 2.75) is 56.7 Å². The van der Waals surface area contributed by atoms with E-state index in [1.165, 1.54) is 19.3 Å². The van der Waals surface area contributed by atoms with E-state index in [4.69, 9.17) is 14.2 Å². The van der Waals surface area contributed by atoms with Crippen LogP contribution < -0.4 is 0 Å². The number of hydrogen-bond acceptors (Lipinski definition) is 4. The van der Waals surface area contributed by atoms with Gasteiger partial charge < -0.3 is 14.2 Å². The Labute approximate surface area is 113 Å². The van der Waals surface area contributed by atoms with Gasteiger partial charge in [-0.15, -0.1) is 0 Å². The van der Waals surface area contributed by atoms with E-state index < -0.39 is 5.60 Å². The molecular weight excluding hydrogens is 244 g/mol. The van der Waals surface area contributed by atoms with Gasteiger partial charge in [-0.1, -0.05) is 0 Å². The van der Waals surface area contributed by atoms with E-state index in [1.807, 2.05) is 0 Å². The van der Waals surface area contributed by atoms with Crippen molar-refractivity contribution in [1.29, 1.82) is 0 Å². The average Bonchev–Trinajstić information content (AvgIpc) is 2.75. The van der Waals surface area contributed by atoms with E-state index in [2.05, 4.69) is 0 Å². The lowest BCUT2D eigenvalue weighted by Crippen LogP contribution is -2.55. The number of esters is 1. The monoisotopic (exact) mass is 266 g/mol. The highest BCUT2D eigenvalue weighted by molar-refractivity contribution is 5.80. The summed E-state index contributed by atoms with van der Waals surface area (Å²) in [6.07, 6.45) is 7.28. The summed E-state index contributed by atoms with van der Waals surface area (Å²) in [6, 6.07) is 0. The molecule has 0 N–H and O–H groups in total. The first-order valence-corrected chi connectivity index (χ1v) is 7.52. The Morgan fingerprint density at radius 1 is 1.11 bits per heavy atom. The molecular formula is C15H22O4. The molecule has 4 saturated carbocycles. The van der Waals surface area contributed by atoms with Crippen molar-refractivity contribution in [1.82, 2.24) is 0 Å². The van der Waals surface area contributed by atoms with Gasteiger partial charge in [0.2, 0.25) is 0 Å². The summed E-state index contributed by atoms with van der Waals surface area (Å²) in [7, 11) is 0. The molecule has 4 bridgehead atoms. The van der Waals surface area contributed by atoms with Gasteiger partial charge in [0.15, 0.2) is 5.60 Å². The Hall–Kier alpha value is -0.610. The molecule has 5 fully saturated rings. The van der Waals surface area contributed by atoms with Crippen LogP contribution in [0.3, 0.4) is 0 Å². The average molecular weight is 266 g/mol. The number of ether oxygens (including phenoxy) is 3. The Morgan fingerprint density at radius 3 is 2.16 bits per heavy atom. The molecule has 0 aromatic rings. The van der Waals surface area contributed by atoms with Crippen LogP contribution >= 0.6 is 0 Å². The first-order chi connectivity index (χ1) is 9.07. The molecule has 1 heterocycles. The lowest BCUT2D eigenvalue weighted by Gasteiger charge is -2.56. The molecule has 4 heteroatoms. The first-order valence-electron chi connectivity index (χ1n) is 7.52. The summed E-state index contributed by atoms with van der Waals surface area (Å²) in [5, 5.41) is 0. The summed E-state index contributed by atoms with van der Waals surface area (Å²) in [5.41, 5.74) is -1.07. The zero-order chi connectivity index (χ0) is 13.1. The maximum absolute atomic E-state index is 12.4. The van der Waals surface area contributed by atoms with Gasteiger partial charge in [-0.3, -0.25) is 0 Å². The van der Waals surface area contributed by atoms with Crippen LogP contribution in [0.2, 0.25) is 0 Å². The molecule has 1 atom stereocenters. The number of carbonyl (C=O) groups is 1. The summed E-state index contributed by atoms with van der Waals surface area (Å²) in [4.78, 5) is 12.4. The minimum absolute atomic E-state index is 0.180. The number of carbonyl (C=O) groups excluding carboxylic acids is 1. The molecule has 0 aromatic carbocycles. The molecule has 106 valence electrons. The van der Waals surface area contributed by atoms with Gasteiger partial charge >= 0.3 is 5.97 Å². The van der Waals surface area contributed by atoms with Gasteiger partial charge in [0.25, 0.3) is 0 Å². The van der Waals surface area contributed by atoms with Crippen LogP contribution in [0.5, 0.6) is 0 Å². The zero-order valence-electron chi connectivity index (χ0n) is 11.5. The van der Waals surface area contributed by atoms with E-state index in [0.29, 0.717) is 6.61 Å². The second-order valence-corrected chi connectivity index (χ2v) is 7.33. The maximum atomic E-state index is 12.4. The fraction of sp³-hybridized carbons (Fsp3) is 0.933. The predicted octanol–water partition coefficient (Wildman–Crippen LogP) is 2.26. The minimum Gasteiger partial charge on any atom is -0.457 e. The van der Waals surface area contributed by atoms with Gasteiger partial charge in [-0.25, -0.2) is 4.79 Å². The molecule has 4 aliphatic carbocycles. The molecule has 0 aromatic heterocycles. The largest absolute Gasteiger partial charge is 0.457 e. The van der Waals surface area contributed by atoms with Crippen LogP contribution in [-0.4, -0.2) is 30.6 Å². The van der Waals surface area contributed by atoms with Crippen molar-refractivity contribution < 1.29 is 19.0 Å². The topological polar surface area (TPSA) is 44.8 Å². The Morgan fingerprint density at radius 2 is 1.68 bits per heavy atom. The van der Waals surface area contributed by atoms with E-state index in [0.717, 1.165) is 37.0 Å². The predicted molar refractivity (Wildman–Crippen MR) is 67.3 cm³/mol. The normalized spacial score (nSPS) is 51.5. The van der Waals surface area contributed by atoms with Crippen molar-refractivity contribution in [3.05, 3.63) is 0 Å². The molecule has 0 amide bonds. The van der Waals surface area contributed by atoms with Gasteiger partial charge in [-0.2, -0.15) is 0 Å². The number of hydrogen-bond donors (Lipinski definition) is 0. The molecule has 19 heavy (non-hydrogen) atoms. The highest BCUT2D eigenvalue weighted by Crippen LogP contribution is 2.57. The third kappa shape index (κ3) is 1.91. The third-order valence-corrected chi connectivity index (χ3v) is 5.56. The SMILES string of the molecule is CC1(C(=O)OC23CC4CC(CC(C4)C2)C3)COCO1. The molecule has 0 radical (unpaired) electrons. The minimum atomic E-state index is -0.886. The summed E-state index contributed by atoms with van der Waals surface area (Å²) in [5.74, 6) is 2.14. The van der Waals surface area contributed by atoms with Crippen molar-refractivity contribution in [2.75, 3.05) is 13.4 Å². The fourth-order valence-corrected chi connectivity index (χ4v) is 5.03. The highest BCUT2D eigenvalue weighted by atomic mass is 16.7. The summed E-state index contributed by atoms with van der Waals surface area (Å²) >= 11 is 0. The van der Waals surface area contributed by atoms with Crippen LogP contribution in [0, 0.1) is 17.8 Å². The summed E-state index contributed by atoms with van der Waals surface area (Å²) < 4.78 is 16.6. The van der Waals surface area contributed by atoms with E-state index in [9.17, 15) is 4.79 Å². The molecule has 5 aliphatic rings. The van der Waals surface area contributed by atoms with Crippen molar-refractivity contribution >= 4 is 5.97 Å². The van der Waals surface area contributed by atoms with Crippen LogP contribution in [0.4, 0.5) is 0 Å². The van der Waals surface area contributed by atoms with Gasteiger partial charge in [0, 0.05) is 0 Å². The van der Waals surface area contributed by atoms with E-state index in [1.54, 1.807) is 6.92 Å². The molecule has 1 unspecified atom stereocenters. The maximum Gasteiger partial charge on any atom is 0.341 e. The van der Waals surface area contributed by atoms with Crippen LogP contribution in [0.15, 0.2) is 0 Å². The molecule has 0 spiro atoms. The smallest absolute Gasteiger partial charge is 0.341 e. The van der Waals surface area contributed by atoms with Crippen molar-refractivity contribution in [3.8, 4) is 0 Å². The lowest BCUT2D eigenvalue weighted by atomic mass is 9.54. The van der Waals surface area contributed by atoms with Gasteiger partial charge in [0.05, 0.1) is 6.61 Å². The lowest BCUT2D eigenvalue weighted by molar-refractivity contribution is -0.203. The Balaban J connectivity index is 1.51. The van der Waals surface area contributed by atoms with Gasteiger partial charge in [-0.05, 0) is 63.2 Å². The Kier molecular flexibility index (Phi) is 2.53. The van der Waals surface area contributed by atoms with Crippen LogP contribution in [0.25, 0.3) is 0 Å². The summed E-state index contributed by atoms with van der Waals surface area (Å²) in [6.45, 7) is 2.30. The second kappa shape index (κ2) is 3.95. The number of rotatable bonds is 2. The van der Waals surface area contributed by atoms with Crippen molar-refractivity contribution in [3.63, 3.8) is 0 Å². The quantitative estimate of drug-likeness (QED) is 0.719. The molecule has 4 nitrogen and oxygen atoms in total. The molecule has 1 aliphatic heterocycles. The third-order valence-electron chi connectivity index (χ3n) is 5.56. The van der Waals surface area contributed by atoms with Gasteiger partial charge in [0.1, 0.15) is 12.4 Å². The zero-order valence-corrected chi connectivity index (χ0v) is 11.5. The van der Waals surface area contributed by atoms with Crippen LogP contribution in [-0.2, 0) is 19.0 Å². The standard InChI is InChI=1S/C15H22O4/c1-14(8-17-9-18-14)13(16)19-15-5-10-2-11(6-15)4-12(3-10)7-15/h10-12H,2-9H2,1H3. The Bertz CT molecular complexity index is 362. The first kappa shape index (κ1) is 12.2. The fourth-order valence-electron chi connectivity index (χ4n) is 5.03. The second-order valence-electron chi connectivity index (χ2n) is 7.33.